The molecule has 0 spiro atoms. The topological polar surface area (TPSA) is 40.6 Å². The maximum atomic E-state index is 13.5. The lowest BCUT2D eigenvalue weighted by atomic mass is 9.93. The second-order valence-electron chi connectivity index (χ2n) is 13.5. The second-order valence-corrected chi connectivity index (χ2v) is 13.5. The molecule has 0 radical (unpaired) electrons. The lowest BCUT2D eigenvalue weighted by molar-refractivity contribution is -0.124. The van der Waals surface area contributed by atoms with Crippen LogP contribution in [0.4, 0.5) is 0 Å². The van der Waals surface area contributed by atoms with Crippen LogP contribution in [-0.2, 0) is 9.59 Å². The first kappa shape index (κ1) is 36.6. The molecule has 2 heterocycles. The Hall–Kier alpha value is -1.58. The van der Waals surface area contributed by atoms with E-state index in [-0.39, 0.29) is 11.8 Å². The molecule has 0 saturated heterocycles. The summed E-state index contributed by atoms with van der Waals surface area (Å²) in [6.07, 6.45) is 34.5. The molecular weight excluding hydrogens is 516 g/mol. The zero-order valence-electron chi connectivity index (χ0n) is 28.4. The molecule has 0 N–H and O–H groups in total. The Bertz CT molecular complexity index is 735. The van der Waals surface area contributed by atoms with Gasteiger partial charge in [0.15, 0.2) is 0 Å². The van der Waals surface area contributed by atoms with Gasteiger partial charge in [-0.25, -0.2) is 0 Å². The first-order valence-corrected chi connectivity index (χ1v) is 18.6. The van der Waals surface area contributed by atoms with E-state index in [1.807, 2.05) is 22.2 Å². The normalized spacial score (nSPS) is 16.3. The van der Waals surface area contributed by atoms with Crippen LogP contribution < -0.4 is 0 Å². The summed E-state index contributed by atoms with van der Waals surface area (Å²) in [5, 5.41) is 0. The fourth-order valence-electron chi connectivity index (χ4n) is 6.85. The number of nitrogens with zero attached hydrogens (tertiary/aromatic N) is 2. The fourth-order valence-corrected chi connectivity index (χ4v) is 6.85. The molecule has 2 atom stereocenters. The third-order valence-electron chi connectivity index (χ3n) is 9.62. The highest BCUT2D eigenvalue weighted by molar-refractivity contribution is 6.17. The first-order valence-electron chi connectivity index (χ1n) is 18.6. The SMILES string of the molecule is CCCCCCCCC(CCCCCC)CN1C=C2C(=O)N(CC(CCCCCC)CCCCCCCC)C=C2C1=O. The van der Waals surface area contributed by atoms with Gasteiger partial charge in [-0.15, -0.1) is 0 Å². The number of carbonyl (C=O) groups is 2. The first-order chi connectivity index (χ1) is 20.5. The van der Waals surface area contributed by atoms with E-state index in [4.69, 9.17) is 0 Å². The molecule has 2 amide bonds. The molecule has 0 aromatic rings. The summed E-state index contributed by atoms with van der Waals surface area (Å²) >= 11 is 0. The van der Waals surface area contributed by atoms with Crippen molar-refractivity contribution in [1.82, 2.24) is 9.80 Å². The van der Waals surface area contributed by atoms with Crippen molar-refractivity contribution in [3.8, 4) is 0 Å². The molecule has 242 valence electrons. The van der Waals surface area contributed by atoms with Crippen molar-refractivity contribution in [2.24, 2.45) is 11.8 Å². The Morgan fingerprint density at radius 3 is 1.00 bits per heavy atom. The molecule has 2 unspecified atom stereocenters. The zero-order valence-corrected chi connectivity index (χ0v) is 28.4. The van der Waals surface area contributed by atoms with Gasteiger partial charge in [0.1, 0.15) is 0 Å². The van der Waals surface area contributed by atoms with Gasteiger partial charge in [-0.05, 0) is 37.5 Å². The highest BCUT2D eigenvalue weighted by atomic mass is 16.2. The average Bonchev–Trinajstić information content (AvgIpc) is 3.46. The molecule has 2 aliphatic heterocycles. The van der Waals surface area contributed by atoms with Gasteiger partial charge in [0.05, 0.1) is 11.1 Å². The summed E-state index contributed by atoms with van der Waals surface area (Å²) in [6.45, 7) is 10.6. The summed E-state index contributed by atoms with van der Waals surface area (Å²) in [5.41, 5.74) is 1.29. The summed E-state index contributed by atoms with van der Waals surface area (Å²) in [5.74, 6) is 1.17. The molecule has 0 aromatic carbocycles. The number of hydrogen-bond acceptors (Lipinski definition) is 2. The maximum absolute atomic E-state index is 13.5. The lowest BCUT2D eigenvalue weighted by Crippen LogP contribution is -2.30. The molecule has 4 heteroatoms. The van der Waals surface area contributed by atoms with Crippen molar-refractivity contribution < 1.29 is 9.59 Å². The zero-order chi connectivity index (χ0) is 30.4. The predicted molar refractivity (Wildman–Crippen MR) is 180 cm³/mol. The number of amides is 2. The number of carbonyl (C=O) groups excluding carboxylic acids is 2. The van der Waals surface area contributed by atoms with Gasteiger partial charge in [0.25, 0.3) is 11.8 Å². The van der Waals surface area contributed by atoms with E-state index in [0.29, 0.717) is 23.0 Å². The van der Waals surface area contributed by atoms with Gasteiger partial charge < -0.3 is 9.80 Å². The quantitative estimate of drug-likeness (QED) is 0.0858. The van der Waals surface area contributed by atoms with E-state index in [9.17, 15) is 9.59 Å². The van der Waals surface area contributed by atoms with E-state index in [2.05, 4.69) is 27.7 Å². The minimum absolute atomic E-state index is 0.0535. The van der Waals surface area contributed by atoms with Crippen molar-refractivity contribution in [1.29, 1.82) is 0 Å². The van der Waals surface area contributed by atoms with Crippen LogP contribution >= 0.6 is 0 Å². The van der Waals surface area contributed by atoms with Crippen LogP contribution in [-0.4, -0.2) is 34.7 Å². The minimum Gasteiger partial charge on any atom is -0.314 e. The third kappa shape index (κ3) is 13.8. The van der Waals surface area contributed by atoms with Crippen molar-refractivity contribution >= 4 is 11.8 Å². The largest absolute Gasteiger partial charge is 0.314 e. The van der Waals surface area contributed by atoms with E-state index < -0.39 is 0 Å². The molecule has 0 bridgehead atoms. The number of unbranched alkanes of at least 4 members (excludes halogenated alkanes) is 16. The van der Waals surface area contributed by atoms with Gasteiger partial charge >= 0.3 is 0 Å². The van der Waals surface area contributed by atoms with E-state index >= 15 is 0 Å². The maximum Gasteiger partial charge on any atom is 0.260 e. The smallest absolute Gasteiger partial charge is 0.260 e. The van der Waals surface area contributed by atoms with Crippen LogP contribution in [0.15, 0.2) is 23.5 Å². The molecule has 2 rings (SSSR count). The molecule has 0 aliphatic carbocycles. The Morgan fingerprint density at radius 2 is 0.690 bits per heavy atom. The molecule has 0 fully saturated rings. The number of fused-ring (bicyclic) bond motifs is 1. The van der Waals surface area contributed by atoms with Crippen molar-refractivity contribution in [2.75, 3.05) is 13.1 Å². The Morgan fingerprint density at radius 1 is 0.429 bits per heavy atom. The summed E-state index contributed by atoms with van der Waals surface area (Å²) in [6, 6.07) is 0. The second kappa shape index (κ2) is 22.9. The molecule has 2 aliphatic rings. The van der Waals surface area contributed by atoms with E-state index in [0.717, 1.165) is 13.1 Å². The minimum atomic E-state index is 0.0535. The van der Waals surface area contributed by atoms with E-state index in [1.165, 1.54) is 154 Å². The van der Waals surface area contributed by atoms with E-state index in [1.54, 1.807) is 0 Å². The van der Waals surface area contributed by atoms with Gasteiger partial charge in [-0.3, -0.25) is 9.59 Å². The van der Waals surface area contributed by atoms with Crippen LogP contribution in [0.5, 0.6) is 0 Å². The fraction of sp³-hybridized carbons (Fsp3) is 0.842. The predicted octanol–water partition coefficient (Wildman–Crippen LogP) is 11.1. The van der Waals surface area contributed by atoms with Crippen LogP contribution in [0.1, 0.15) is 182 Å². The summed E-state index contributed by atoms with van der Waals surface area (Å²) in [4.78, 5) is 30.8. The van der Waals surface area contributed by atoms with Gasteiger partial charge in [-0.2, -0.15) is 0 Å². The highest BCUT2D eigenvalue weighted by Gasteiger charge is 2.40. The molecule has 4 nitrogen and oxygen atoms in total. The number of hydrogen-bond donors (Lipinski definition) is 0. The standard InChI is InChI=1S/C38H68N2O2/c1-5-9-13-17-19-23-27-33(25-21-15-11-7-3)29-39-31-35-36(37(39)41)32-40(38(35)42)30-34(26-22-16-12-8-4)28-24-20-18-14-10-6-2/h31-34H,5-30H2,1-4H3. The van der Waals surface area contributed by atoms with Crippen LogP contribution in [0.3, 0.4) is 0 Å². The van der Waals surface area contributed by atoms with Crippen molar-refractivity contribution in [3.05, 3.63) is 23.5 Å². The van der Waals surface area contributed by atoms with Gasteiger partial charge in [0, 0.05) is 25.5 Å². The monoisotopic (exact) mass is 585 g/mol. The molecule has 42 heavy (non-hydrogen) atoms. The Kier molecular flexibility index (Phi) is 20.0. The lowest BCUT2D eigenvalue weighted by Gasteiger charge is -2.24. The van der Waals surface area contributed by atoms with Gasteiger partial charge in [0.2, 0.25) is 0 Å². The summed E-state index contributed by atoms with van der Waals surface area (Å²) in [7, 11) is 0. The summed E-state index contributed by atoms with van der Waals surface area (Å²) < 4.78 is 0. The highest BCUT2D eigenvalue weighted by Crippen LogP contribution is 2.33. The third-order valence-corrected chi connectivity index (χ3v) is 9.62. The average molecular weight is 585 g/mol. The van der Waals surface area contributed by atoms with Gasteiger partial charge in [-0.1, -0.05) is 156 Å². The number of rotatable bonds is 28. The van der Waals surface area contributed by atoms with Crippen molar-refractivity contribution in [3.63, 3.8) is 0 Å². The van der Waals surface area contributed by atoms with Crippen LogP contribution in [0, 0.1) is 11.8 Å². The molecular formula is C38H68N2O2. The molecule has 0 aromatic heterocycles. The Balaban J connectivity index is 1.93. The van der Waals surface area contributed by atoms with Crippen LogP contribution in [0.2, 0.25) is 0 Å². The van der Waals surface area contributed by atoms with Crippen LogP contribution in [0.25, 0.3) is 0 Å². The molecule has 0 saturated carbocycles. The Labute approximate surface area is 261 Å². The van der Waals surface area contributed by atoms with Crippen molar-refractivity contribution in [2.45, 2.75) is 182 Å².